The standard InChI is InChI=1S/C17H21NO.C15H19N5.2C9H10N4O4/c1-18(2)13-14-19-17(15-9-5-3-6-10-15)16-11-7-4-8-12-16;1-19(2)6-5-13-8-17-15-4-3-12(7-14(13)15)9-20-11-16-10-18-20;2*1-11-7-6(8(16)12(2)9(11)17)13(4-10-7)3-5(14)15/h3-12,17H,13-14H2,1-2H3;3-4,7-8,10-11,17H,5-6,9H2,1-2H3;2*4H,3H2,1-2H3,(H,14,15). The molecular formula is C50H60N14O9. The van der Waals surface area contributed by atoms with E-state index >= 15 is 0 Å². The van der Waals surface area contributed by atoms with E-state index in [1.807, 2.05) is 16.8 Å². The van der Waals surface area contributed by atoms with Gasteiger partial charge in [0.2, 0.25) is 0 Å². The summed E-state index contributed by atoms with van der Waals surface area (Å²) in [6.07, 6.45) is 8.97. The number of nitrogens with zero attached hydrogens (tertiary/aromatic N) is 13. The molecule has 6 heterocycles. The minimum Gasteiger partial charge on any atom is -0.480 e. The number of carbonyl (C=O) groups is 2. The van der Waals surface area contributed by atoms with Gasteiger partial charge in [-0.1, -0.05) is 66.7 Å². The van der Waals surface area contributed by atoms with E-state index in [1.165, 1.54) is 92.3 Å². The van der Waals surface area contributed by atoms with Gasteiger partial charge in [0.1, 0.15) is 31.8 Å². The largest absolute Gasteiger partial charge is 0.480 e. The van der Waals surface area contributed by atoms with Crippen molar-refractivity contribution in [2.75, 3.05) is 47.9 Å². The van der Waals surface area contributed by atoms with Gasteiger partial charge in [0.25, 0.3) is 11.1 Å². The molecule has 0 saturated heterocycles. The van der Waals surface area contributed by atoms with Crippen LogP contribution < -0.4 is 22.5 Å². The maximum absolute atomic E-state index is 11.9. The summed E-state index contributed by atoms with van der Waals surface area (Å²) in [5.74, 6) is -2.17. The number of likely N-dealkylation sites (N-methyl/N-ethyl adjacent to an activating group) is 2. The van der Waals surface area contributed by atoms with Crippen molar-refractivity contribution in [1.82, 2.24) is 66.9 Å². The van der Waals surface area contributed by atoms with E-state index in [-0.39, 0.29) is 41.5 Å². The number of benzene rings is 3. The summed E-state index contributed by atoms with van der Waals surface area (Å²) in [5, 5.41) is 22.9. The van der Waals surface area contributed by atoms with Crippen LogP contribution in [0.3, 0.4) is 0 Å². The molecule has 0 fully saturated rings. The number of H-pyrrole nitrogens is 1. The first-order valence-corrected chi connectivity index (χ1v) is 22.9. The van der Waals surface area contributed by atoms with Gasteiger partial charge in [-0.15, -0.1) is 0 Å². The lowest BCUT2D eigenvalue weighted by molar-refractivity contribution is -0.138. The Morgan fingerprint density at radius 2 is 1.18 bits per heavy atom. The van der Waals surface area contributed by atoms with E-state index in [0.29, 0.717) is 0 Å². The van der Waals surface area contributed by atoms with Crippen LogP contribution in [0.4, 0.5) is 0 Å². The van der Waals surface area contributed by atoms with Crippen LogP contribution in [-0.2, 0) is 68.6 Å². The Morgan fingerprint density at radius 1 is 0.671 bits per heavy atom. The molecule has 0 bridgehead atoms. The number of nitrogens with one attached hydrogen (secondary N) is 1. The number of aromatic amines is 1. The van der Waals surface area contributed by atoms with E-state index in [0.717, 1.165) is 41.8 Å². The van der Waals surface area contributed by atoms with Gasteiger partial charge >= 0.3 is 23.3 Å². The summed E-state index contributed by atoms with van der Waals surface area (Å²) in [7, 11) is 13.9. The van der Waals surface area contributed by atoms with Crippen LogP contribution in [0, 0.1) is 0 Å². The second-order valence-corrected chi connectivity index (χ2v) is 17.5. The van der Waals surface area contributed by atoms with Crippen molar-refractivity contribution >= 4 is 45.2 Å². The fraction of sp³-hybridized carbons (Fsp3) is 0.320. The number of hydrogen-bond donors (Lipinski definition) is 3. The maximum atomic E-state index is 11.9. The molecule has 6 aromatic heterocycles. The molecular weight excluding hydrogens is 941 g/mol. The zero-order chi connectivity index (χ0) is 52.9. The Balaban J connectivity index is 0.000000159. The van der Waals surface area contributed by atoms with Crippen molar-refractivity contribution in [3.05, 3.63) is 174 Å². The number of aryl methyl sites for hydroxylation is 2. The lowest BCUT2D eigenvalue weighted by Crippen LogP contribution is -2.37. The molecule has 23 nitrogen and oxygen atoms in total. The predicted octanol–water partition coefficient (Wildman–Crippen LogP) is 2.30. The Morgan fingerprint density at radius 3 is 1.63 bits per heavy atom. The molecule has 73 heavy (non-hydrogen) atoms. The highest BCUT2D eigenvalue weighted by Crippen LogP contribution is 2.26. The molecule has 9 rings (SSSR count). The second-order valence-electron chi connectivity index (χ2n) is 17.5. The molecule has 0 saturated carbocycles. The van der Waals surface area contributed by atoms with Crippen molar-refractivity contribution in [1.29, 1.82) is 0 Å². The summed E-state index contributed by atoms with van der Waals surface area (Å²) in [6, 6.07) is 27.3. The monoisotopic (exact) mass is 1000 g/mol. The van der Waals surface area contributed by atoms with Crippen LogP contribution in [0.25, 0.3) is 33.2 Å². The number of imidazole rings is 2. The van der Waals surface area contributed by atoms with Gasteiger partial charge in [-0.25, -0.2) is 29.2 Å². The van der Waals surface area contributed by atoms with E-state index in [2.05, 4.69) is 136 Å². The molecule has 0 spiro atoms. The Kier molecular flexibility index (Phi) is 18.1. The molecule has 0 aliphatic heterocycles. The predicted molar refractivity (Wildman–Crippen MR) is 275 cm³/mol. The van der Waals surface area contributed by atoms with Crippen molar-refractivity contribution in [2.24, 2.45) is 28.2 Å². The van der Waals surface area contributed by atoms with E-state index in [4.69, 9.17) is 14.9 Å². The molecule has 0 amide bonds. The molecule has 0 aliphatic carbocycles. The van der Waals surface area contributed by atoms with Crippen LogP contribution in [0.2, 0.25) is 0 Å². The second kappa shape index (κ2) is 24.5. The van der Waals surface area contributed by atoms with E-state index in [9.17, 15) is 28.8 Å². The summed E-state index contributed by atoms with van der Waals surface area (Å²) in [5.41, 5.74) is 4.69. The van der Waals surface area contributed by atoms with Crippen LogP contribution >= 0.6 is 0 Å². The molecule has 0 aliphatic rings. The molecule has 23 heteroatoms. The Bertz CT molecular complexity index is 3360. The topological polar surface area (TPSA) is 260 Å². The molecule has 9 aromatic rings. The summed E-state index contributed by atoms with van der Waals surface area (Å²) in [6.45, 7) is 2.72. The van der Waals surface area contributed by atoms with Crippen LogP contribution in [0.5, 0.6) is 0 Å². The number of carboxylic acids is 2. The minimum atomic E-state index is -1.08. The average Bonchev–Trinajstić information content (AvgIpc) is 4.21. The lowest BCUT2D eigenvalue weighted by atomic mass is 10.0. The molecule has 3 N–H and O–H groups in total. The van der Waals surface area contributed by atoms with E-state index in [1.54, 1.807) is 12.7 Å². The number of ether oxygens (including phenoxy) is 1. The summed E-state index contributed by atoms with van der Waals surface area (Å²) < 4.78 is 14.6. The number of carboxylic acid groups (broad SMARTS) is 2. The molecule has 3 aromatic carbocycles. The zero-order valence-electron chi connectivity index (χ0n) is 42.0. The van der Waals surface area contributed by atoms with Gasteiger partial charge in [0.05, 0.1) is 25.8 Å². The van der Waals surface area contributed by atoms with Crippen LogP contribution in [0.15, 0.2) is 130 Å². The molecule has 0 unspecified atom stereocenters. The van der Waals surface area contributed by atoms with Crippen molar-refractivity contribution in [3.8, 4) is 0 Å². The lowest BCUT2D eigenvalue weighted by Gasteiger charge is -2.20. The third kappa shape index (κ3) is 13.5. The fourth-order valence-electron chi connectivity index (χ4n) is 7.70. The Labute approximate surface area is 418 Å². The molecule has 0 atom stereocenters. The third-order valence-corrected chi connectivity index (χ3v) is 11.5. The number of aliphatic carboxylic acids is 2. The first-order valence-electron chi connectivity index (χ1n) is 22.9. The van der Waals surface area contributed by atoms with Crippen molar-refractivity contribution in [2.45, 2.75) is 32.2 Å². The first-order chi connectivity index (χ1) is 34.9. The SMILES string of the molecule is CN(C)CCOC(c1ccccc1)c1ccccc1.CN(C)CCc1c[nH]c2ccc(Cn3cncn3)cc12.Cn1c(=O)c2c(ncn2CC(=O)O)n(C)c1=O.Cn1c(=O)c2c(ncn2CC(=O)O)n(C)c1=O. The number of rotatable bonds is 15. The smallest absolute Gasteiger partial charge is 0.332 e. The average molecular weight is 1000 g/mol. The van der Waals surface area contributed by atoms with Crippen LogP contribution in [0.1, 0.15) is 28.4 Å². The van der Waals surface area contributed by atoms with Gasteiger partial charge in [-0.3, -0.25) is 37.4 Å². The number of fused-ring (bicyclic) bond motifs is 3. The first kappa shape index (κ1) is 53.8. The van der Waals surface area contributed by atoms with Gasteiger partial charge < -0.3 is 38.9 Å². The highest BCUT2D eigenvalue weighted by Gasteiger charge is 2.18. The fourth-order valence-corrected chi connectivity index (χ4v) is 7.70. The summed E-state index contributed by atoms with van der Waals surface area (Å²) >= 11 is 0. The van der Waals surface area contributed by atoms with Gasteiger partial charge in [-0.2, -0.15) is 5.10 Å². The molecule has 0 radical (unpaired) electrons. The van der Waals surface area contributed by atoms with Crippen LogP contribution in [-0.4, -0.2) is 137 Å². The van der Waals surface area contributed by atoms with E-state index < -0.39 is 34.4 Å². The van der Waals surface area contributed by atoms with Crippen molar-refractivity contribution in [3.63, 3.8) is 0 Å². The highest BCUT2D eigenvalue weighted by molar-refractivity contribution is 5.84. The highest BCUT2D eigenvalue weighted by atomic mass is 16.5. The Hall–Kier alpha value is -8.54. The summed E-state index contributed by atoms with van der Waals surface area (Å²) in [4.78, 5) is 87.6. The van der Waals surface area contributed by atoms with Crippen molar-refractivity contribution < 1.29 is 24.5 Å². The number of aromatic nitrogens is 12. The van der Waals surface area contributed by atoms with Gasteiger partial charge in [0.15, 0.2) is 22.3 Å². The number of hydrogen-bond acceptors (Lipinski definition) is 13. The third-order valence-electron chi connectivity index (χ3n) is 11.5. The maximum Gasteiger partial charge on any atom is 0.332 e. The van der Waals surface area contributed by atoms with Gasteiger partial charge in [0, 0.05) is 58.4 Å². The van der Waals surface area contributed by atoms with Gasteiger partial charge in [-0.05, 0) is 69.0 Å². The molecule has 384 valence electrons. The minimum absolute atomic E-state index is 0.0161. The quantitative estimate of drug-likeness (QED) is 0.133. The normalized spacial score (nSPS) is 11.2. The zero-order valence-corrected chi connectivity index (χ0v) is 42.0.